The highest BCUT2D eigenvalue weighted by molar-refractivity contribution is 6.33. The molecule has 0 unspecified atom stereocenters. The number of pyridine rings is 1. The Hall–Kier alpha value is -3.40. The molecule has 1 N–H and O–H groups in total. The standard InChI is InChI=1S/C19H11ClF4N2O4/c20-12-7-10(19(22,23)24)8-25-17(12)26-16(27)9-29-18(28)15-6-5-14(30-15)11-3-1-2-4-13(11)21/h1-8H,9H2,(H,25,26,27). The summed E-state index contributed by atoms with van der Waals surface area (Å²) >= 11 is 5.68. The van der Waals surface area contributed by atoms with Crippen LogP contribution in [0.25, 0.3) is 11.3 Å². The molecule has 2 heterocycles. The van der Waals surface area contributed by atoms with Crippen LogP contribution in [0.3, 0.4) is 0 Å². The van der Waals surface area contributed by atoms with Crippen LogP contribution in [0.2, 0.25) is 5.02 Å². The summed E-state index contributed by atoms with van der Waals surface area (Å²) in [7, 11) is 0. The van der Waals surface area contributed by atoms with Crippen LogP contribution in [-0.2, 0) is 15.7 Å². The maximum atomic E-state index is 13.8. The molecular weight excluding hydrogens is 432 g/mol. The van der Waals surface area contributed by atoms with E-state index in [2.05, 4.69) is 10.3 Å². The summed E-state index contributed by atoms with van der Waals surface area (Å²) in [4.78, 5) is 27.3. The molecule has 0 saturated heterocycles. The van der Waals surface area contributed by atoms with Crippen molar-refractivity contribution in [3.05, 3.63) is 70.8 Å². The van der Waals surface area contributed by atoms with Gasteiger partial charge < -0.3 is 14.5 Å². The van der Waals surface area contributed by atoms with Crippen LogP contribution in [0.4, 0.5) is 23.4 Å². The van der Waals surface area contributed by atoms with Crippen LogP contribution in [0.1, 0.15) is 16.1 Å². The fourth-order valence-electron chi connectivity index (χ4n) is 2.31. The van der Waals surface area contributed by atoms with Gasteiger partial charge in [-0.1, -0.05) is 23.7 Å². The first-order chi connectivity index (χ1) is 14.1. The fourth-order valence-corrected chi connectivity index (χ4v) is 2.52. The number of benzene rings is 1. The lowest BCUT2D eigenvalue weighted by molar-refractivity contribution is -0.137. The number of aromatic nitrogens is 1. The van der Waals surface area contributed by atoms with E-state index in [9.17, 15) is 27.2 Å². The van der Waals surface area contributed by atoms with Gasteiger partial charge in [0.2, 0.25) is 5.76 Å². The lowest BCUT2D eigenvalue weighted by atomic mass is 10.1. The summed E-state index contributed by atoms with van der Waals surface area (Å²) in [5.74, 6) is -2.95. The van der Waals surface area contributed by atoms with E-state index in [4.69, 9.17) is 20.8 Å². The van der Waals surface area contributed by atoms with Gasteiger partial charge in [0.25, 0.3) is 5.91 Å². The molecule has 30 heavy (non-hydrogen) atoms. The van der Waals surface area contributed by atoms with Crippen LogP contribution >= 0.6 is 11.6 Å². The number of esters is 1. The number of hydrogen-bond acceptors (Lipinski definition) is 5. The number of nitrogens with one attached hydrogen (secondary N) is 1. The van der Waals surface area contributed by atoms with Gasteiger partial charge in [0.05, 0.1) is 16.1 Å². The van der Waals surface area contributed by atoms with Gasteiger partial charge in [0.1, 0.15) is 11.6 Å². The van der Waals surface area contributed by atoms with Crippen molar-refractivity contribution in [3.63, 3.8) is 0 Å². The zero-order chi connectivity index (χ0) is 21.9. The van der Waals surface area contributed by atoms with Crippen LogP contribution in [-0.4, -0.2) is 23.5 Å². The second-order valence-electron chi connectivity index (χ2n) is 5.82. The summed E-state index contributed by atoms with van der Waals surface area (Å²) in [5.41, 5.74) is -0.947. The molecule has 1 aromatic carbocycles. The van der Waals surface area contributed by atoms with Crippen LogP contribution in [0, 0.1) is 5.82 Å². The van der Waals surface area contributed by atoms with Crippen molar-refractivity contribution in [2.45, 2.75) is 6.18 Å². The lowest BCUT2D eigenvalue weighted by Crippen LogP contribution is -2.21. The molecule has 0 saturated carbocycles. The summed E-state index contributed by atoms with van der Waals surface area (Å²) in [6.07, 6.45) is -4.14. The molecule has 0 aliphatic carbocycles. The van der Waals surface area contributed by atoms with Gasteiger partial charge in [-0.2, -0.15) is 13.2 Å². The minimum Gasteiger partial charge on any atom is -0.450 e. The van der Waals surface area contributed by atoms with Crippen molar-refractivity contribution in [2.75, 3.05) is 11.9 Å². The smallest absolute Gasteiger partial charge is 0.417 e. The van der Waals surface area contributed by atoms with Crippen LogP contribution in [0.15, 0.2) is 53.1 Å². The average molecular weight is 443 g/mol. The monoisotopic (exact) mass is 442 g/mol. The number of carbonyl (C=O) groups is 2. The van der Waals surface area contributed by atoms with Crippen molar-refractivity contribution in [2.24, 2.45) is 0 Å². The number of amides is 1. The Morgan fingerprint density at radius 2 is 1.90 bits per heavy atom. The topological polar surface area (TPSA) is 81.4 Å². The fraction of sp³-hybridized carbons (Fsp3) is 0.105. The third-order valence-electron chi connectivity index (χ3n) is 3.71. The first-order valence-electron chi connectivity index (χ1n) is 8.19. The Morgan fingerprint density at radius 3 is 2.57 bits per heavy atom. The van der Waals surface area contributed by atoms with Crippen molar-refractivity contribution < 1.29 is 36.3 Å². The summed E-state index contributed by atoms with van der Waals surface area (Å²) in [6.45, 7) is -0.784. The molecule has 3 aromatic rings. The van der Waals surface area contributed by atoms with Crippen LogP contribution < -0.4 is 5.32 Å². The molecule has 6 nitrogen and oxygen atoms in total. The van der Waals surface area contributed by atoms with Crippen molar-refractivity contribution in [1.82, 2.24) is 4.98 Å². The Labute approximate surface area is 171 Å². The zero-order valence-electron chi connectivity index (χ0n) is 14.8. The van der Waals surface area contributed by atoms with Crippen molar-refractivity contribution in [3.8, 4) is 11.3 Å². The third-order valence-corrected chi connectivity index (χ3v) is 4.00. The molecule has 0 bridgehead atoms. The van der Waals surface area contributed by atoms with E-state index in [-0.39, 0.29) is 22.9 Å². The summed E-state index contributed by atoms with van der Waals surface area (Å²) in [5, 5.41) is 1.69. The second-order valence-corrected chi connectivity index (χ2v) is 6.23. The highest BCUT2D eigenvalue weighted by atomic mass is 35.5. The summed E-state index contributed by atoms with van der Waals surface area (Å²) in [6, 6.07) is 8.97. The maximum Gasteiger partial charge on any atom is 0.417 e. The molecule has 0 aliphatic heterocycles. The molecule has 2 aromatic heterocycles. The number of ether oxygens (including phenoxy) is 1. The SMILES string of the molecule is O=C(COC(=O)c1ccc(-c2ccccc2F)o1)Nc1ncc(C(F)(F)F)cc1Cl. The molecule has 1 amide bonds. The predicted octanol–water partition coefficient (Wildman–Crippen LogP) is 4.95. The maximum absolute atomic E-state index is 13.8. The molecule has 11 heteroatoms. The van der Waals surface area contributed by atoms with Gasteiger partial charge in [0.15, 0.2) is 12.4 Å². The molecule has 0 radical (unpaired) electrons. The van der Waals surface area contributed by atoms with Crippen LogP contribution in [0.5, 0.6) is 0 Å². The number of halogens is 5. The number of rotatable bonds is 5. The molecule has 0 aliphatic rings. The molecule has 156 valence electrons. The van der Waals surface area contributed by atoms with Gasteiger partial charge in [-0.25, -0.2) is 14.2 Å². The molecule has 0 fully saturated rings. The molecule has 0 spiro atoms. The minimum absolute atomic E-state index is 0.0882. The minimum atomic E-state index is -4.64. The summed E-state index contributed by atoms with van der Waals surface area (Å²) < 4.78 is 61.5. The second kappa shape index (κ2) is 8.54. The van der Waals surface area contributed by atoms with E-state index >= 15 is 0 Å². The molecular formula is C19H11ClF4N2O4. The predicted molar refractivity (Wildman–Crippen MR) is 97.3 cm³/mol. The van der Waals surface area contributed by atoms with Gasteiger partial charge in [-0.3, -0.25) is 4.79 Å². The van der Waals surface area contributed by atoms with Gasteiger partial charge in [0, 0.05) is 6.20 Å². The lowest BCUT2D eigenvalue weighted by Gasteiger charge is -2.10. The molecule has 3 rings (SSSR count). The number of anilines is 1. The largest absolute Gasteiger partial charge is 0.450 e. The van der Waals surface area contributed by atoms with Gasteiger partial charge in [-0.05, 0) is 30.3 Å². The van der Waals surface area contributed by atoms with E-state index in [1.807, 2.05) is 0 Å². The van der Waals surface area contributed by atoms with Crippen molar-refractivity contribution in [1.29, 1.82) is 0 Å². The van der Waals surface area contributed by atoms with E-state index in [1.165, 1.54) is 30.3 Å². The average Bonchev–Trinajstić information content (AvgIpc) is 3.17. The number of alkyl halides is 3. The zero-order valence-corrected chi connectivity index (χ0v) is 15.6. The normalized spacial score (nSPS) is 11.2. The number of nitrogens with zero attached hydrogens (tertiary/aromatic N) is 1. The highest BCUT2D eigenvalue weighted by Gasteiger charge is 2.31. The van der Waals surface area contributed by atoms with E-state index in [0.717, 1.165) is 0 Å². The van der Waals surface area contributed by atoms with E-state index in [1.54, 1.807) is 6.07 Å². The van der Waals surface area contributed by atoms with Gasteiger partial charge >= 0.3 is 12.1 Å². The Morgan fingerprint density at radius 1 is 1.17 bits per heavy atom. The van der Waals surface area contributed by atoms with E-state index < -0.39 is 41.1 Å². The first-order valence-corrected chi connectivity index (χ1v) is 8.57. The number of carbonyl (C=O) groups excluding carboxylic acids is 2. The Kier molecular flexibility index (Phi) is 6.06. The van der Waals surface area contributed by atoms with Crippen molar-refractivity contribution >= 4 is 29.3 Å². The Bertz CT molecular complexity index is 1100. The number of furan rings is 1. The Balaban J connectivity index is 1.59. The number of hydrogen-bond donors (Lipinski definition) is 1. The first kappa shape index (κ1) is 21.3. The van der Waals surface area contributed by atoms with Gasteiger partial charge in [-0.15, -0.1) is 0 Å². The quantitative estimate of drug-likeness (QED) is 0.446. The molecule has 0 atom stereocenters. The third kappa shape index (κ3) is 4.95. The van der Waals surface area contributed by atoms with E-state index in [0.29, 0.717) is 12.3 Å². The highest BCUT2D eigenvalue weighted by Crippen LogP contribution is 2.32.